The molecular formula is C11H7NO5. The Labute approximate surface area is 95.3 Å². The Balaban J connectivity index is 2.64. The number of hydrogen-bond acceptors (Lipinski definition) is 5. The molecule has 6 nitrogen and oxygen atoms in total. The SMILES string of the molecule is O=Cc1ccc(-c2c(O)cccc2[N+](=O)[O-])o1. The van der Waals surface area contributed by atoms with E-state index in [9.17, 15) is 20.0 Å². The zero-order valence-corrected chi connectivity index (χ0v) is 8.49. The number of carbonyl (C=O) groups excluding carboxylic acids is 1. The number of nitrogens with zero attached hydrogens (tertiary/aromatic N) is 1. The highest BCUT2D eigenvalue weighted by Gasteiger charge is 2.21. The van der Waals surface area contributed by atoms with Gasteiger partial charge in [0.15, 0.2) is 12.0 Å². The lowest BCUT2D eigenvalue weighted by atomic mass is 10.1. The molecule has 86 valence electrons. The fourth-order valence-corrected chi connectivity index (χ4v) is 1.48. The third-order valence-electron chi connectivity index (χ3n) is 2.21. The summed E-state index contributed by atoms with van der Waals surface area (Å²) in [4.78, 5) is 20.6. The largest absolute Gasteiger partial charge is 0.507 e. The van der Waals surface area contributed by atoms with Crippen LogP contribution in [0.3, 0.4) is 0 Å². The zero-order chi connectivity index (χ0) is 12.4. The molecule has 1 aromatic heterocycles. The second-order valence-corrected chi connectivity index (χ2v) is 3.25. The van der Waals surface area contributed by atoms with Gasteiger partial charge in [-0.3, -0.25) is 14.9 Å². The summed E-state index contributed by atoms with van der Waals surface area (Å²) in [6, 6.07) is 6.69. The Morgan fingerprint density at radius 2 is 2.06 bits per heavy atom. The highest BCUT2D eigenvalue weighted by Crippen LogP contribution is 2.37. The van der Waals surface area contributed by atoms with Crippen molar-refractivity contribution < 1.29 is 19.2 Å². The molecule has 0 bridgehead atoms. The van der Waals surface area contributed by atoms with Gasteiger partial charge in [0.2, 0.25) is 0 Å². The number of phenols is 1. The monoisotopic (exact) mass is 233 g/mol. The molecule has 0 spiro atoms. The van der Waals surface area contributed by atoms with Crippen molar-refractivity contribution >= 4 is 12.0 Å². The predicted octanol–water partition coefficient (Wildman–Crippen LogP) is 2.37. The second kappa shape index (κ2) is 4.09. The van der Waals surface area contributed by atoms with Crippen molar-refractivity contribution in [2.45, 2.75) is 0 Å². The molecule has 0 aliphatic heterocycles. The van der Waals surface area contributed by atoms with Gasteiger partial charge in [0.05, 0.1) is 4.92 Å². The van der Waals surface area contributed by atoms with E-state index in [-0.39, 0.29) is 28.5 Å². The molecule has 2 rings (SSSR count). The van der Waals surface area contributed by atoms with Gasteiger partial charge in [-0.05, 0) is 18.2 Å². The highest BCUT2D eigenvalue weighted by molar-refractivity contribution is 5.78. The minimum absolute atomic E-state index is 0.0365. The van der Waals surface area contributed by atoms with Crippen molar-refractivity contribution in [3.05, 3.63) is 46.2 Å². The fraction of sp³-hybridized carbons (Fsp3) is 0. The molecule has 1 aromatic carbocycles. The van der Waals surface area contributed by atoms with Crippen LogP contribution in [-0.4, -0.2) is 16.3 Å². The smallest absolute Gasteiger partial charge is 0.284 e. The maximum absolute atomic E-state index is 10.8. The molecule has 0 saturated carbocycles. The van der Waals surface area contributed by atoms with Crippen LogP contribution in [0.4, 0.5) is 5.69 Å². The first-order valence-electron chi connectivity index (χ1n) is 4.65. The maximum atomic E-state index is 10.8. The number of benzene rings is 1. The normalized spacial score (nSPS) is 10.1. The number of aldehydes is 1. The summed E-state index contributed by atoms with van der Waals surface area (Å²) in [7, 11) is 0. The van der Waals surface area contributed by atoms with Crippen molar-refractivity contribution in [1.29, 1.82) is 0 Å². The molecule has 0 fully saturated rings. The molecule has 0 aliphatic rings. The summed E-state index contributed by atoms with van der Waals surface area (Å²) in [5.74, 6) is -0.152. The van der Waals surface area contributed by atoms with Gasteiger partial charge in [0.25, 0.3) is 5.69 Å². The predicted molar refractivity (Wildman–Crippen MR) is 57.9 cm³/mol. The fourth-order valence-electron chi connectivity index (χ4n) is 1.48. The van der Waals surface area contributed by atoms with Crippen molar-refractivity contribution in [3.8, 4) is 17.1 Å². The number of phenolic OH excluding ortho intramolecular Hbond substituents is 1. The molecule has 2 aromatic rings. The molecule has 0 atom stereocenters. The van der Waals surface area contributed by atoms with Crippen LogP contribution in [-0.2, 0) is 0 Å². The van der Waals surface area contributed by atoms with Gasteiger partial charge in [0, 0.05) is 6.07 Å². The number of nitro groups is 1. The summed E-state index contributed by atoms with van der Waals surface area (Å²) in [5.41, 5.74) is -0.317. The molecule has 6 heteroatoms. The molecule has 0 aliphatic carbocycles. The molecule has 0 saturated heterocycles. The number of hydrogen-bond donors (Lipinski definition) is 1. The first-order valence-corrected chi connectivity index (χ1v) is 4.65. The Bertz CT molecular complexity index is 587. The van der Waals surface area contributed by atoms with Crippen LogP contribution in [0.15, 0.2) is 34.7 Å². The summed E-state index contributed by atoms with van der Waals surface area (Å²) < 4.78 is 5.06. The van der Waals surface area contributed by atoms with E-state index in [2.05, 4.69) is 0 Å². The molecular weight excluding hydrogens is 226 g/mol. The van der Waals surface area contributed by atoms with E-state index in [1.165, 1.54) is 30.3 Å². The summed E-state index contributed by atoms with van der Waals surface area (Å²) in [6.45, 7) is 0. The lowest BCUT2D eigenvalue weighted by molar-refractivity contribution is -0.384. The van der Waals surface area contributed by atoms with E-state index >= 15 is 0 Å². The van der Waals surface area contributed by atoms with E-state index in [4.69, 9.17) is 4.42 Å². The Morgan fingerprint density at radius 3 is 2.65 bits per heavy atom. The standard InChI is InChI=1S/C11H7NO5/c13-6-7-4-5-10(17-7)11-8(12(15)16)2-1-3-9(11)14/h1-6,14H. The third-order valence-corrected chi connectivity index (χ3v) is 2.21. The topological polar surface area (TPSA) is 93.6 Å². The van der Waals surface area contributed by atoms with E-state index in [0.717, 1.165) is 0 Å². The van der Waals surface area contributed by atoms with Crippen molar-refractivity contribution in [1.82, 2.24) is 0 Å². The van der Waals surface area contributed by atoms with Crippen LogP contribution >= 0.6 is 0 Å². The molecule has 0 unspecified atom stereocenters. The van der Waals surface area contributed by atoms with E-state index in [1.54, 1.807) is 0 Å². The van der Waals surface area contributed by atoms with Gasteiger partial charge < -0.3 is 9.52 Å². The lowest BCUT2D eigenvalue weighted by Crippen LogP contribution is -1.91. The van der Waals surface area contributed by atoms with Gasteiger partial charge in [-0.2, -0.15) is 0 Å². The first kappa shape index (κ1) is 10.9. The Kier molecular flexibility index (Phi) is 2.61. The van der Waals surface area contributed by atoms with E-state index in [0.29, 0.717) is 6.29 Å². The summed E-state index contributed by atoms with van der Waals surface area (Å²) in [5, 5.41) is 20.4. The average Bonchev–Trinajstić information content (AvgIpc) is 2.76. The highest BCUT2D eigenvalue weighted by atomic mass is 16.6. The van der Waals surface area contributed by atoms with Crippen LogP contribution in [0.25, 0.3) is 11.3 Å². The van der Waals surface area contributed by atoms with Gasteiger partial charge in [0.1, 0.15) is 17.1 Å². The van der Waals surface area contributed by atoms with Crippen molar-refractivity contribution in [2.24, 2.45) is 0 Å². The molecule has 1 N–H and O–H groups in total. The van der Waals surface area contributed by atoms with Crippen molar-refractivity contribution in [3.63, 3.8) is 0 Å². The Hall–Kier alpha value is -2.63. The van der Waals surface area contributed by atoms with Crippen LogP contribution in [0.1, 0.15) is 10.6 Å². The minimum Gasteiger partial charge on any atom is -0.507 e. The minimum atomic E-state index is -0.627. The number of carbonyl (C=O) groups is 1. The number of nitro benzene ring substituents is 1. The lowest BCUT2D eigenvalue weighted by Gasteiger charge is -2.01. The average molecular weight is 233 g/mol. The Morgan fingerprint density at radius 1 is 1.29 bits per heavy atom. The van der Waals surface area contributed by atoms with E-state index < -0.39 is 4.92 Å². The first-order chi connectivity index (χ1) is 8.13. The molecule has 0 amide bonds. The number of furan rings is 1. The summed E-state index contributed by atoms with van der Waals surface area (Å²) in [6.07, 6.45) is 0.481. The van der Waals surface area contributed by atoms with Gasteiger partial charge in [-0.1, -0.05) is 6.07 Å². The number of aromatic hydroxyl groups is 1. The van der Waals surface area contributed by atoms with E-state index in [1.807, 2.05) is 0 Å². The van der Waals surface area contributed by atoms with Crippen LogP contribution < -0.4 is 0 Å². The quantitative estimate of drug-likeness (QED) is 0.499. The van der Waals surface area contributed by atoms with Crippen molar-refractivity contribution in [2.75, 3.05) is 0 Å². The zero-order valence-electron chi connectivity index (χ0n) is 8.49. The summed E-state index contributed by atoms with van der Waals surface area (Å²) >= 11 is 0. The number of rotatable bonds is 3. The van der Waals surface area contributed by atoms with Gasteiger partial charge in [-0.25, -0.2) is 0 Å². The van der Waals surface area contributed by atoms with Gasteiger partial charge in [-0.15, -0.1) is 0 Å². The molecule has 1 heterocycles. The second-order valence-electron chi connectivity index (χ2n) is 3.25. The molecule has 17 heavy (non-hydrogen) atoms. The third kappa shape index (κ3) is 1.87. The van der Waals surface area contributed by atoms with Gasteiger partial charge >= 0.3 is 0 Å². The van der Waals surface area contributed by atoms with Crippen LogP contribution in [0, 0.1) is 10.1 Å². The molecule has 0 radical (unpaired) electrons. The van der Waals surface area contributed by atoms with Crippen LogP contribution in [0.2, 0.25) is 0 Å². The maximum Gasteiger partial charge on any atom is 0.284 e. The van der Waals surface area contributed by atoms with Crippen LogP contribution in [0.5, 0.6) is 5.75 Å².